The van der Waals surface area contributed by atoms with Gasteiger partial charge in [-0.25, -0.2) is 0 Å². The van der Waals surface area contributed by atoms with Crippen LogP contribution < -0.4 is 10.5 Å². The molecule has 0 bridgehead atoms. The second kappa shape index (κ2) is 7.55. The molecule has 158 valence electrons. The zero-order valence-corrected chi connectivity index (χ0v) is 15.9. The first-order chi connectivity index (χ1) is 14.3. The molecule has 1 atom stereocenters. The molecule has 2 aromatic rings. The van der Waals surface area contributed by atoms with Crippen LogP contribution in [0, 0.1) is 5.92 Å². The summed E-state index contributed by atoms with van der Waals surface area (Å²) in [7, 11) is 0. The quantitative estimate of drug-likeness (QED) is 0.335. The zero-order chi connectivity index (χ0) is 21.5. The number of oxime groups is 1. The van der Waals surface area contributed by atoms with Crippen LogP contribution in [0.5, 0.6) is 11.5 Å². The van der Waals surface area contributed by atoms with Crippen molar-refractivity contribution in [3.8, 4) is 11.5 Å². The van der Waals surface area contributed by atoms with Crippen molar-refractivity contribution < 1.29 is 27.9 Å². The lowest BCUT2D eigenvalue weighted by Crippen LogP contribution is -2.46. The number of halogens is 3. The van der Waals surface area contributed by atoms with Crippen molar-refractivity contribution in [1.29, 1.82) is 0 Å². The second-order valence-electron chi connectivity index (χ2n) is 7.48. The molecular weight excluding hydrogens is 399 g/mol. The lowest BCUT2D eigenvalue weighted by molar-refractivity contribution is -0.186. The lowest BCUT2D eigenvalue weighted by atomic mass is 9.74. The van der Waals surface area contributed by atoms with E-state index in [2.05, 4.69) is 5.16 Å². The summed E-state index contributed by atoms with van der Waals surface area (Å²) in [6.07, 6.45) is -3.96. The Balaban J connectivity index is 1.65. The molecule has 0 radical (unpaired) electrons. The molecule has 0 aliphatic carbocycles. The van der Waals surface area contributed by atoms with Gasteiger partial charge in [0.15, 0.2) is 5.84 Å². The number of fused-ring (bicyclic) bond motifs is 2. The van der Waals surface area contributed by atoms with E-state index in [4.69, 9.17) is 15.7 Å². The Bertz CT molecular complexity index is 998. The molecule has 1 amide bonds. The number of nitrogens with zero attached hydrogens (tertiary/aromatic N) is 2. The highest BCUT2D eigenvalue weighted by atomic mass is 19.4. The molecule has 2 aromatic carbocycles. The maximum absolute atomic E-state index is 12.8. The largest absolute Gasteiger partial charge is 0.471 e. The monoisotopic (exact) mass is 419 g/mol. The fraction of sp³-hybridized carbons (Fsp3) is 0.333. The molecule has 6 nitrogen and oxygen atoms in total. The number of likely N-dealkylation sites (tertiary alicyclic amines) is 1. The average Bonchev–Trinajstić information content (AvgIpc) is 2.75. The van der Waals surface area contributed by atoms with E-state index in [1.165, 1.54) is 0 Å². The normalized spacial score (nSPS) is 19.6. The Morgan fingerprint density at radius 1 is 1.10 bits per heavy atom. The molecule has 2 heterocycles. The van der Waals surface area contributed by atoms with Crippen molar-refractivity contribution in [3.63, 3.8) is 0 Å². The summed E-state index contributed by atoms with van der Waals surface area (Å²) in [5, 5.41) is 12.0. The van der Waals surface area contributed by atoms with Crippen LogP contribution in [-0.4, -0.2) is 41.1 Å². The Kier molecular flexibility index (Phi) is 5.05. The molecule has 0 aromatic heterocycles. The molecule has 30 heavy (non-hydrogen) atoms. The average molecular weight is 419 g/mol. The highest BCUT2D eigenvalue weighted by Crippen LogP contribution is 2.50. The molecule has 0 spiro atoms. The van der Waals surface area contributed by atoms with Gasteiger partial charge in [-0.05, 0) is 30.9 Å². The van der Waals surface area contributed by atoms with Crippen LogP contribution in [0.2, 0.25) is 0 Å². The van der Waals surface area contributed by atoms with Crippen LogP contribution in [-0.2, 0) is 4.79 Å². The van der Waals surface area contributed by atoms with E-state index < -0.39 is 12.1 Å². The van der Waals surface area contributed by atoms with Crippen molar-refractivity contribution in [2.24, 2.45) is 16.8 Å². The standard InChI is InChI=1S/C21H20F3N3O3/c22-21(23,24)20(28)27-9-7-12(8-10-27)18-14-3-1-2-4-16(14)30-17-11-13(19(25)26-29)5-6-15(17)18/h1-6,11-12,18,29H,7-10H2,(H2,25,26). The molecule has 2 aliphatic rings. The topological polar surface area (TPSA) is 88.2 Å². The van der Waals surface area contributed by atoms with Gasteiger partial charge < -0.3 is 20.6 Å². The molecule has 2 aliphatic heterocycles. The molecule has 9 heteroatoms. The number of carbonyl (C=O) groups excluding carboxylic acids is 1. The van der Waals surface area contributed by atoms with Gasteiger partial charge in [0.1, 0.15) is 11.5 Å². The Labute approximate surface area is 170 Å². The number of carbonyl (C=O) groups is 1. The van der Waals surface area contributed by atoms with Crippen molar-refractivity contribution in [2.45, 2.75) is 24.9 Å². The SMILES string of the molecule is N/C(=N\O)c1ccc2c(c1)Oc1ccccc1C2C1CCN(C(=O)C(F)(F)F)CC1. The minimum Gasteiger partial charge on any atom is -0.457 e. The minimum atomic E-state index is -4.85. The van der Waals surface area contributed by atoms with Crippen LogP contribution in [0.3, 0.4) is 0 Å². The van der Waals surface area contributed by atoms with E-state index in [1.54, 1.807) is 12.1 Å². The van der Waals surface area contributed by atoms with E-state index in [0.29, 0.717) is 29.9 Å². The number of para-hydroxylation sites is 1. The number of hydrogen-bond donors (Lipinski definition) is 2. The van der Waals surface area contributed by atoms with E-state index in [-0.39, 0.29) is 30.8 Å². The second-order valence-corrected chi connectivity index (χ2v) is 7.48. The van der Waals surface area contributed by atoms with Gasteiger partial charge in [-0.2, -0.15) is 13.2 Å². The third-order valence-electron chi connectivity index (χ3n) is 5.77. The number of benzene rings is 2. The third kappa shape index (κ3) is 3.55. The van der Waals surface area contributed by atoms with Crippen molar-refractivity contribution in [2.75, 3.05) is 13.1 Å². The molecule has 1 fully saturated rings. The van der Waals surface area contributed by atoms with Gasteiger partial charge in [-0.1, -0.05) is 35.5 Å². The molecular formula is C21H20F3N3O3. The van der Waals surface area contributed by atoms with Crippen LogP contribution >= 0.6 is 0 Å². The molecule has 0 saturated carbocycles. The smallest absolute Gasteiger partial charge is 0.457 e. The summed E-state index contributed by atoms with van der Waals surface area (Å²) in [6.45, 7) is 0.111. The number of nitrogens with two attached hydrogens (primary N) is 1. The number of rotatable bonds is 2. The van der Waals surface area contributed by atoms with Crippen LogP contribution in [0.1, 0.15) is 35.4 Å². The highest BCUT2D eigenvalue weighted by Gasteiger charge is 2.44. The highest BCUT2D eigenvalue weighted by molar-refractivity contribution is 5.97. The number of hydrogen-bond acceptors (Lipinski definition) is 4. The van der Waals surface area contributed by atoms with Crippen molar-refractivity contribution in [3.05, 3.63) is 59.2 Å². The van der Waals surface area contributed by atoms with Gasteiger partial charge in [0.05, 0.1) is 0 Å². The van der Waals surface area contributed by atoms with Gasteiger partial charge in [0.25, 0.3) is 0 Å². The Hall–Kier alpha value is -3.23. The summed E-state index contributed by atoms with van der Waals surface area (Å²) in [4.78, 5) is 12.4. The van der Waals surface area contributed by atoms with Gasteiger partial charge in [-0.3, -0.25) is 4.79 Å². The number of piperidine rings is 1. The van der Waals surface area contributed by atoms with E-state index in [9.17, 15) is 18.0 Å². The fourth-order valence-corrected chi connectivity index (χ4v) is 4.34. The van der Waals surface area contributed by atoms with Gasteiger partial charge >= 0.3 is 12.1 Å². The van der Waals surface area contributed by atoms with Crippen LogP contribution in [0.25, 0.3) is 0 Å². The van der Waals surface area contributed by atoms with Crippen molar-refractivity contribution in [1.82, 2.24) is 4.90 Å². The Morgan fingerprint density at radius 3 is 2.43 bits per heavy atom. The summed E-state index contributed by atoms with van der Waals surface area (Å²) in [5.41, 5.74) is 8.05. The van der Waals surface area contributed by atoms with E-state index in [0.717, 1.165) is 16.0 Å². The fourth-order valence-electron chi connectivity index (χ4n) is 4.34. The van der Waals surface area contributed by atoms with Crippen molar-refractivity contribution >= 4 is 11.7 Å². The third-order valence-corrected chi connectivity index (χ3v) is 5.77. The summed E-state index contributed by atoms with van der Waals surface area (Å²) >= 11 is 0. The predicted molar refractivity (Wildman–Crippen MR) is 103 cm³/mol. The summed E-state index contributed by atoms with van der Waals surface area (Å²) in [5.74, 6) is -0.639. The number of amidine groups is 1. The van der Waals surface area contributed by atoms with Gasteiger partial charge in [0.2, 0.25) is 0 Å². The maximum atomic E-state index is 12.8. The van der Waals surface area contributed by atoms with Crippen LogP contribution in [0.15, 0.2) is 47.6 Å². The van der Waals surface area contributed by atoms with E-state index >= 15 is 0 Å². The summed E-state index contributed by atoms with van der Waals surface area (Å²) < 4.78 is 44.3. The number of ether oxygens (including phenoxy) is 1. The molecule has 1 unspecified atom stereocenters. The van der Waals surface area contributed by atoms with Gasteiger partial charge in [0, 0.05) is 35.7 Å². The first-order valence-corrected chi connectivity index (χ1v) is 9.54. The lowest BCUT2D eigenvalue weighted by Gasteiger charge is -2.39. The first kappa shape index (κ1) is 20.1. The number of amides is 1. The first-order valence-electron chi connectivity index (χ1n) is 9.54. The predicted octanol–water partition coefficient (Wildman–Crippen LogP) is 3.82. The van der Waals surface area contributed by atoms with Crippen LogP contribution in [0.4, 0.5) is 13.2 Å². The number of alkyl halides is 3. The minimum absolute atomic E-state index is 0.0424. The Morgan fingerprint density at radius 2 is 1.77 bits per heavy atom. The maximum Gasteiger partial charge on any atom is 0.471 e. The zero-order valence-electron chi connectivity index (χ0n) is 15.9. The van der Waals surface area contributed by atoms with Gasteiger partial charge in [-0.15, -0.1) is 0 Å². The molecule has 4 rings (SSSR count). The molecule has 1 saturated heterocycles. The summed E-state index contributed by atoms with van der Waals surface area (Å²) in [6, 6.07) is 12.8. The van der Waals surface area contributed by atoms with E-state index in [1.807, 2.05) is 30.3 Å². The molecule has 3 N–H and O–H groups in total.